The first kappa shape index (κ1) is 15.5. The first-order valence-corrected chi connectivity index (χ1v) is 9.18. The van der Waals surface area contributed by atoms with Crippen LogP contribution >= 0.6 is 11.8 Å². The summed E-state index contributed by atoms with van der Waals surface area (Å²) in [5.74, 6) is 1.06. The third-order valence-electron chi connectivity index (χ3n) is 2.76. The molecule has 1 aromatic carbocycles. The highest BCUT2D eigenvalue weighted by Crippen LogP contribution is 2.17. The maximum absolute atomic E-state index is 11.4. The summed E-state index contributed by atoms with van der Waals surface area (Å²) >= 11 is 1.81. The molecule has 0 heterocycles. The Labute approximate surface area is 114 Å². The molecule has 0 saturated heterocycles. The Morgan fingerprint density at radius 3 is 2.22 bits per heavy atom. The van der Waals surface area contributed by atoms with Gasteiger partial charge in [-0.2, -0.15) is 11.8 Å². The highest BCUT2D eigenvalue weighted by atomic mass is 32.2. The smallest absolute Gasteiger partial charge is 0.175 e. The second-order valence-corrected chi connectivity index (χ2v) is 7.51. The molecule has 0 aliphatic rings. The van der Waals surface area contributed by atoms with Gasteiger partial charge in [-0.25, -0.2) is 8.42 Å². The molecule has 0 radical (unpaired) electrons. The lowest BCUT2D eigenvalue weighted by atomic mass is 10.1. The van der Waals surface area contributed by atoms with Gasteiger partial charge in [-0.05, 0) is 37.8 Å². The van der Waals surface area contributed by atoms with Crippen molar-refractivity contribution in [1.29, 1.82) is 0 Å². The van der Waals surface area contributed by atoms with Crippen LogP contribution in [0.2, 0.25) is 0 Å². The average molecular weight is 287 g/mol. The Hall–Kier alpha value is -0.520. The molecule has 1 rings (SSSR count). The van der Waals surface area contributed by atoms with Crippen molar-refractivity contribution in [2.45, 2.75) is 30.8 Å². The van der Waals surface area contributed by atoms with E-state index in [9.17, 15) is 8.42 Å². The van der Waals surface area contributed by atoms with Gasteiger partial charge < -0.3 is 5.32 Å². The molecule has 1 N–H and O–H groups in total. The van der Waals surface area contributed by atoms with Crippen molar-refractivity contribution < 1.29 is 8.42 Å². The van der Waals surface area contributed by atoms with Crippen LogP contribution in [-0.4, -0.2) is 32.7 Å². The van der Waals surface area contributed by atoms with Crippen LogP contribution in [0.1, 0.15) is 25.5 Å². The topological polar surface area (TPSA) is 46.2 Å². The zero-order valence-electron chi connectivity index (χ0n) is 11.3. The molecule has 5 heteroatoms. The van der Waals surface area contributed by atoms with E-state index in [0.717, 1.165) is 11.3 Å². The highest BCUT2D eigenvalue weighted by molar-refractivity contribution is 7.98. The Bertz CT molecular complexity index is 468. The predicted molar refractivity (Wildman–Crippen MR) is 78.9 cm³/mol. The minimum absolute atomic E-state index is 0.223. The zero-order chi connectivity index (χ0) is 13.8. The van der Waals surface area contributed by atoms with Crippen molar-refractivity contribution in [2.75, 3.05) is 18.3 Å². The zero-order valence-corrected chi connectivity index (χ0v) is 12.9. The van der Waals surface area contributed by atoms with Crippen LogP contribution in [0.4, 0.5) is 0 Å². The maximum atomic E-state index is 11.4. The molecule has 102 valence electrons. The molecule has 1 aromatic rings. The molecule has 0 spiro atoms. The van der Waals surface area contributed by atoms with Gasteiger partial charge in [-0.3, -0.25) is 0 Å². The van der Waals surface area contributed by atoms with E-state index in [2.05, 4.69) is 25.4 Å². The van der Waals surface area contributed by atoms with Crippen LogP contribution in [0, 0.1) is 0 Å². The van der Waals surface area contributed by atoms with Gasteiger partial charge >= 0.3 is 0 Å². The van der Waals surface area contributed by atoms with Gasteiger partial charge in [0.25, 0.3) is 0 Å². The number of hydrogen-bond acceptors (Lipinski definition) is 4. The van der Waals surface area contributed by atoms with Crippen molar-refractivity contribution in [1.82, 2.24) is 5.32 Å². The van der Waals surface area contributed by atoms with Gasteiger partial charge in [0, 0.05) is 24.1 Å². The van der Waals surface area contributed by atoms with Crippen molar-refractivity contribution >= 4 is 21.6 Å². The summed E-state index contributed by atoms with van der Waals surface area (Å²) in [4.78, 5) is 0.371. The van der Waals surface area contributed by atoms with Crippen LogP contribution in [0.5, 0.6) is 0 Å². The van der Waals surface area contributed by atoms with Crippen molar-refractivity contribution in [3.63, 3.8) is 0 Å². The quantitative estimate of drug-likeness (QED) is 0.873. The number of hydrogen-bond donors (Lipinski definition) is 1. The van der Waals surface area contributed by atoms with E-state index in [4.69, 9.17) is 0 Å². The van der Waals surface area contributed by atoms with Crippen molar-refractivity contribution in [2.24, 2.45) is 0 Å². The third-order valence-corrected chi connectivity index (χ3v) is 4.72. The predicted octanol–water partition coefficient (Wildman–Crippen LogP) is 2.49. The monoisotopic (exact) mass is 287 g/mol. The second-order valence-electron chi connectivity index (χ2n) is 4.59. The number of rotatable bonds is 6. The summed E-state index contributed by atoms with van der Waals surface area (Å²) < 4.78 is 22.7. The molecule has 0 amide bonds. The van der Waals surface area contributed by atoms with Crippen molar-refractivity contribution in [3.8, 4) is 0 Å². The number of thioether (sulfide) groups is 1. The number of sulfone groups is 1. The van der Waals surface area contributed by atoms with Gasteiger partial charge in [-0.15, -0.1) is 0 Å². The normalized spacial score (nSPS) is 15.3. The largest absolute Gasteiger partial charge is 0.307 e. The lowest BCUT2D eigenvalue weighted by Crippen LogP contribution is -2.30. The number of nitrogens with one attached hydrogen (secondary N) is 1. The highest BCUT2D eigenvalue weighted by Gasteiger charge is 2.11. The molecule has 3 nitrogen and oxygen atoms in total. The second kappa shape index (κ2) is 6.59. The molecular weight excluding hydrogens is 266 g/mol. The van der Waals surface area contributed by atoms with Gasteiger partial charge in [0.1, 0.15) is 0 Å². The minimum Gasteiger partial charge on any atom is -0.307 e. The summed E-state index contributed by atoms with van der Waals surface area (Å²) in [5.41, 5.74) is 1.11. The molecule has 2 unspecified atom stereocenters. The molecule has 0 fully saturated rings. The van der Waals surface area contributed by atoms with E-state index in [1.165, 1.54) is 6.26 Å². The van der Waals surface area contributed by atoms with Gasteiger partial charge in [0.15, 0.2) is 9.84 Å². The van der Waals surface area contributed by atoms with Gasteiger partial charge in [0.2, 0.25) is 0 Å². The van der Waals surface area contributed by atoms with E-state index in [-0.39, 0.29) is 6.04 Å². The molecule has 0 aliphatic heterocycles. The third kappa shape index (κ3) is 4.63. The van der Waals surface area contributed by atoms with E-state index < -0.39 is 9.84 Å². The van der Waals surface area contributed by atoms with Crippen LogP contribution in [0.25, 0.3) is 0 Å². The maximum Gasteiger partial charge on any atom is 0.175 e. The molecule has 2 atom stereocenters. The molecule has 18 heavy (non-hydrogen) atoms. The van der Waals surface area contributed by atoms with Crippen LogP contribution in [-0.2, 0) is 9.84 Å². The van der Waals surface area contributed by atoms with Gasteiger partial charge in [-0.1, -0.05) is 12.1 Å². The Kier molecular flexibility index (Phi) is 5.69. The lowest BCUT2D eigenvalue weighted by molar-refractivity contribution is 0.511. The summed E-state index contributed by atoms with van der Waals surface area (Å²) in [6.45, 7) is 4.24. The summed E-state index contributed by atoms with van der Waals surface area (Å²) in [6.07, 6.45) is 3.31. The first-order valence-electron chi connectivity index (χ1n) is 5.89. The van der Waals surface area contributed by atoms with Crippen LogP contribution in [0.15, 0.2) is 29.2 Å². The minimum atomic E-state index is -3.10. The molecule has 0 aliphatic carbocycles. The van der Waals surface area contributed by atoms with E-state index in [1.807, 2.05) is 23.9 Å². The molecule has 0 bridgehead atoms. The Balaban J connectivity index is 2.73. The standard InChI is InChI=1S/C13H21NO2S2/c1-10(9-17-3)14-11(2)12-5-7-13(8-6-12)18(4,15)16/h5-8,10-11,14H,9H2,1-4H3. The fourth-order valence-electron chi connectivity index (χ4n) is 1.82. The van der Waals surface area contributed by atoms with Crippen LogP contribution < -0.4 is 5.32 Å². The van der Waals surface area contributed by atoms with Crippen molar-refractivity contribution in [3.05, 3.63) is 29.8 Å². The molecular formula is C13H21NO2S2. The fourth-order valence-corrected chi connectivity index (χ4v) is 3.05. The van der Waals surface area contributed by atoms with E-state index in [1.54, 1.807) is 12.1 Å². The van der Waals surface area contributed by atoms with Gasteiger partial charge in [0.05, 0.1) is 4.90 Å². The Morgan fingerprint density at radius 2 is 1.78 bits per heavy atom. The molecule has 0 aromatic heterocycles. The lowest BCUT2D eigenvalue weighted by Gasteiger charge is -2.19. The van der Waals surface area contributed by atoms with Crippen LogP contribution in [0.3, 0.4) is 0 Å². The average Bonchev–Trinajstić information content (AvgIpc) is 2.28. The van der Waals surface area contributed by atoms with E-state index in [0.29, 0.717) is 10.9 Å². The summed E-state index contributed by atoms with van der Waals surface area (Å²) in [7, 11) is -3.10. The van der Waals surface area contributed by atoms with E-state index >= 15 is 0 Å². The summed E-state index contributed by atoms with van der Waals surface area (Å²) in [6, 6.07) is 7.74. The summed E-state index contributed by atoms with van der Waals surface area (Å²) in [5, 5.41) is 3.48. The fraction of sp³-hybridized carbons (Fsp3) is 0.538. The Morgan fingerprint density at radius 1 is 1.22 bits per heavy atom. The SMILES string of the molecule is CSCC(C)NC(C)c1ccc(S(C)(=O)=O)cc1. The number of benzene rings is 1. The molecule has 0 saturated carbocycles. The first-order chi connectivity index (χ1) is 8.34.